The molecule has 0 aromatic carbocycles. The van der Waals surface area contributed by atoms with Crippen molar-refractivity contribution in [3.05, 3.63) is 22.9 Å². The molecule has 6 nitrogen and oxygen atoms in total. The van der Waals surface area contributed by atoms with E-state index in [-0.39, 0.29) is 24.2 Å². The molecule has 0 bridgehead atoms. The van der Waals surface area contributed by atoms with Crippen LogP contribution in [0.1, 0.15) is 6.42 Å². The lowest BCUT2D eigenvalue weighted by Gasteiger charge is -2.15. The highest BCUT2D eigenvalue weighted by Crippen LogP contribution is 2.29. The molecule has 0 aliphatic carbocycles. The summed E-state index contributed by atoms with van der Waals surface area (Å²) in [5.41, 5.74) is 0.865. The highest BCUT2D eigenvalue weighted by Gasteiger charge is 2.34. The van der Waals surface area contributed by atoms with Gasteiger partial charge in [-0.2, -0.15) is 0 Å². The lowest BCUT2D eigenvalue weighted by molar-refractivity contribution is -0.128. The largest absolute Gasteiger partial charge is 0.383 e. The standard InChI is InChI=1S/C15H17N3O3S2/c1-21-5-4-18-8-10(7-13(18)19)14(20)17-15-16-11(9-23-15)12-3-2-6-22-12/h2-3,6,9-10H,4-5,7-8H2,1H3,(H,16,17,20). The minimum absolute atomic E-state index is 0.000568. The molecule has 1 N–H and O–H groups in total. The van der Waals surface area contributed by atoms with Crippen LogP contribution >= 0.6 is 22.7 Å². The molecule has 0 radical (unpaired) electrons. The predicted molar refractivity (Wildman–Crippen MR) is 90.6 cm³/mol. The number of thiazole rings is 1. The van der Waals surface area contributed by atoms with Gasteiger partial charge in [0, 0.05) is 32.0 Å². The maximum Gasteiger partial charge on any atom is 0.231 e. The number of amides is 2. The minimum atomic E-state index is -0.326. The van der Waals surface area contributed by atoms with Gasteiger partial charge in [0.2, 0.25) is 11.8 Å². The highest BCUT2D eigenvalue weighted by molar-refractivity contribution is 7.16. The van der Waals surface area contributed by atoms with Gasteiger partial charge in [-0.05, 0) is 11.4 Å². The molecule has 2 aromatic rings. The van der Waals surface area contributed by atoms with E-state index in [2.05, 4.69) is 10.3 Å². The number of anilines is 1. The van der Waals surface area contributed by atoms with Crippen LogP contribution in [0.25, 0.3) is 10.6 Å². The Kier molecular flexibility index (Phi) is 5.04. The van der Waals surface area contributed by atoms with Crippen molar-refractivity contribution in [2.24, 2.45) is 5.92 Å². The zero-order chi connectivity index (χ0) is 16.2. The van der Waals surface area contributed by atoms with Crippen molar-refractivity contribution < 1.29 is 14.3 Å². The molecule has 1 aliphatic rings. The number of hydrogen-bond donors (Lipinski definition) is 1. The van der Waals surface area contributed by atoms with Crippen molar-refractivity contribution in [1.82, 2.24) is 9.88 Å². The third-order valence-corrected chi connectivity index (χ3v) is 5.31. The first-order chi connectivity index (χ1) is 11.2. The van der Waals surface area contributed by atoms with Crippen molar-refractivity contribution in [2.75, 3.05) is 32.1 Å². The number of nitrogens with one attached hydrogen (secondary N) is 1. The molecule has 1 atom stereocenters. The first-order valence-electron chi connectivity index (χ1n) is 7.24. The normalized spacial score (nSPS) is 17.7. The predicted octanol–water partition coefficient (Wildman–Crippen LogP) is 2.31. The summed E-state index contributed by atoms with van der Waals surface area (Å²) in [5.74, 6) is -0.473. The van der Waals surface area contributed by atoms with Gasteiger partial charge in [0.05, 0.1) is 23.1 Å². The summed E-state index contributed by atoms with van der Waals surface area (Å²) in [4.78, 5) is 31.4. The van der Waals surface area contributed by atoms with Crippen LogP contribution in [0.15, 0.2) is 22.9 Å². The van der Waals surface area contributed by atoms with Gasteiger partial charge in [0.15, 0.2) is 5.13 Å². The van der Waals surface area contributed by atoms with Crippen LogP contribution < -0.4 is 5.32 Å². The molecular weight excluding hydrogens is 334 g/mol. The van der Waals surface area contributed by atoms with Gasteiger partial charge >= 0.3 is 0 Å². The van der Waals surface area contributed by atoms with Gasteiger partial charge in [-0.25, -0.2) is 4.98 Å². The molecular formula is C15H17N3O3S2. The summed E-state index contributed by atoms with van der Waals surface area (Å²) in [6.07, 6.45) is 0.249. The van der Waals surface area contributed by atoms with E-state index in [1.54, 1.807) is 23.3 Å². The Morgan fingerprint density at radius 1 is 1.52 bits per heavy atom. The summed E-state index contributed by atoms with van der Waals surface area (Å²) >= 11 is 3.01. The van der Waals surface area contributed by atoms with Crippen LogP contribution in [-0.2, 0) is 14.3 Å². The monoisotopic (exact) mass is 351 g/mol. The van der Waals surface area contributed by atoms with Crippen molar-refractivity contribution >= 4 is 39.6 Å². The van der Waals surface area contributed by atoms with Gasteiger partial charge in [-0.1, -0.05) is 6.07 Å². The Morgan fingerprint density at radius 3 is 3.13 bits per heavy atom. The zero-order valence-corrected chi connectivity index (χ0v) is 14.3. The van der Waals surface area contributed by atoms with Crippen molar-refractivity contribution in [3.63, 3.8) is 0 Å². The Hall–Kier alpha value is -1.77. The smallest absolute Gasteiger partial charge is 0.231 e. The number of likely N-dealkylation sites (tertiary alicyclic amines) is 1. The summed E-state index contributed by atoms with van der Waals surface area (Å²) in [6.45, 7) is 1.45. The first kappa shape index (κ1) is 16.1. The molecule has 3 heterocycles. The van der Waals surface area contributed by atoms with E-state index >= 15 is 0 Å². The quantitative estimate of drug-likeness (QED) is 0.867. The van der Waals surface area contributed by atoms with E-state index in [0.717, 1.165) is 10.6 Å². The average molecular weight is 351 g/mol. The van der Waals surface area contributed by atoms with Crippen LogP contribution in [-0.4, -0.2) is 48.5 Å². The number of hydrogen-bond acceptors (Lipinski definition) is 6. The highest BCUT2D eigenvalue weighted by atomic mass is 32.1. The van der Waals surface area contributed by atoms with E-state index in [1.165, 1.54) is 11.3 Å². The second-order valence-electron chi connectivity index (χ2n) is 5.24. The molecule has 122 valence electrons. The molecule has 1 unspecified atom stereocenters. The second kappa shape index (κ2) is 7.20. The molecule has 1 saturated heterocycles. The lowest BCUT2D eigenvalue weighted by Crippen LogP contribution is -2.30. The van der Waals surface area contributed by atoms with E-state index in [0.29, 0.717) is 24.8 Å². The Bertz CT molecular complexity index is 684. The number of rotatable bonds is 6. The molecule has 3 rings (SSSR count). The third-order valence-electron chi connectivity index (χ3n) is 3.66. The number of methoxy groups -OCH3 is 1. The number of carbonyl (C=O) groups is 2. The van der Waals surface area contributed by atoms with E-state index in [1.807, 2.05) is 22.9 Å². The molecule has 1 aliphatic heterocycles. The fourth-order valence-corrected chi connectivity index (χ4v) is 3.92. The molecule has 2 aromatic heterocycles. The van der Waals surface area contributed by atoms with Crippen LogP contribution in [0.2, 0.25) is 0 Å². The Morgan fingerprint density at radius 2 is 2.39 bits per heavy atom. The van der Waals surface area contributed by atoms with Crippen molar-refractivity contribution in [3.8, 4) is 10.6 Å². The van der Waals surface area contributed by atoms with Gasteiger partial charge in [-0.15, -0.1) is 22.7 Å². The molecule has 2 amide bonds. The van der Waals surface area contributed by atoms with E-state index in [9.17, 15) is 9.59 Å². The Balaban J connectivity index is 1.58. The number of thiophene rings is 1. The lowest BCUT2D eigenvalue weighted by atomic mass is 10.1. The first-order valence-corrected chi connectivity index (χ1v) is 9.00. The van der Waals surface area contributed by atoms with Crippen molar-refractivity contribution in [2.45, 2.75) is 6.42 Å². The minimum Gasteiger partial charge on any atom is -0.383 e. The molecule has 23 heavy (non-hydrogen) atoms. The summed E-state index contributed by atoms with van der Waals surface area (Å²) in [6, 6.07) is 3.96. The Labute approximate surface area is 142 Å². The average Bonchev–Trinajstić information content (AvgIpc) is 3.25. The molecule has 1 fully saturated rings. The number of ether oxygens (including phenoxy) is 1. The SMILES string of the molecule is COCCN1CC(C(=O)Nc2nc(-c3cccs3)cs2)CC1=O. The third kappa shape index (κ3) is 3.77. The van der Waals surface area contributed by atoms with Crippen LogP contribution in [0, 0.1) is 5.92 Å². The zero-order valence-electron chi connectivity index (χ0n) is 12.7. The summed E-state index contributed by atoms with van der Waals surface area (Å²) in [7, 11) is 1.60. The second-order valence-corrected chi connectivity index (χ2v) is 7.04. The van der Waals surface area contributed by atoms with Crippen molar-refractivity contribution in [1.29, 1.82) is 0 Å². The number of nitrogens with zero attached hydrogens (tertiary/aromatic N) is 2. The summed E-state index contributed by atoms with van der Waals surface area (Å²) < 4.78 is 4.98. The van der Waals surface area contributed by atoms with E-state index < -0.39 is 0 Å². The van der Waals surface area contributed by atoms with E-state index in [4.69, 9.17) is 4.74 Å². The molecule has 8 heteroatoms. The van der Waals surface area contributed by atoms with Crippen LogP contribution in [0.3, 0.4) is 0 Å². The van der Waals surface area contributed by atoms with Gasteiger partial charge in [0.1, 0.15) is 0 Å². The van der Waals surface area contributed by atoms with Gasteiger partial charge < -0.3 is 15.0 Å². The maximum atomic E-state index is 12.3. The van der Waals surface area contributed by atoms with Gasteiger partial charge in [-0.3, -0.25) is 9.59 Å². The van der Waals surface area contributed by atoms with Gasteiger partial charge in [0.25, 0.3) is 0 Å². The summed E-state index contributed by atoms with van der Waals surface area (Å²) in [5, 5.41) is 7.31. The fourth-order valence-electron chi connectivity index (χ4n) is 2.44. The topological polar surface area (TPSA) is 71.5 Å². The maximum absolute atomic E-state index is 12.3. The fraction of sp³-hybridized carbons (Fsp3) is 0.400. The number of carbonyl (C=O) groups excluding carboxylic acids is 2. The molecule has 0 saturated carbocycles. The molecule has 0 spiro atoms. The van der Waals surface area contributed by atoms with Crippen LogP contribution in [0.5, 0.6) is 0 Å². The number of aromatic nitrogens is 1. The van der Waals surface area contributed by atoms with Crippen LogP contribution in [0.4, 0.5) is 5.13 Å².